The summed E-state index contributed by atoms with van der Waals surface area (Å²) in [5.74, 6) is 0.346. The van der Waals surface area contributed by atoms with Gasteiger partial charge in [0.15, 0.2) is 0 Å². The van der Waals surface area contributed by atoms with Gasteiger partial charge in [-0.15, -0.1) is 5.10 Å². The molecule has 1 aromatic carbocycles. The smallest absolute Gasteiger partial charge is 0.123 e. The lowest BCUT2D eigenvalue weighted by Gasteiger charge is -2.05. The van der Waals surface area contributed by atoms with Crippen LogP contribution in [-0.2, 0) is 13.0 Å². The van der Waals surface area contributed by atoms with Crippen LogP contribution >= 0.6 is 0 Å². The van der Waals surface area contributed by atoms with Gasteiger partial charge in [0.25, 0.3) is 0 Å². The van der Waals surface area contributed by atoms with Gasteiger partial charge in [-0.1, -0.05) is 5.21 Å². The second-order valence-corrected chi connectivity index (χ2v) is 4.10. The molecule has 0 fully saturated rings. The second kappa shape index (κ2) is 6.84. The van der Waals surface area contributed by atoms with E-state index in [1.165, 1.54) is 12.1 Å². The highest BCUT2D eigenvalue weighted by Gasteiger charge is 2.01. The lowest BCUT2D eigenvalue weighted by molar-refractivity contribution is 0.288. The molecule has 0 saturated carbocycles. The number of ether oxygens (including phenoxy) is 1. The van der Waals surface area contributed by atoms with Gasteiger partial charge in [-0.25, -0.2) is 9.07 Å². The summed E-state index contributed by atoms with van der Waals surface area (Å²) in [5.41, 5.74) is 0.857. The van der Waals surface area contributed by atoms with Gasteiger partial charge < -0.3 is 9.84 Å². The van der Waals surface area contributed by atoms with Crippen LogP contribution in [0, 0.1) is 5.82 Å². The quantitative estimate of drug-likeness (QED) is 0.822. The lowest BCUT2D eigenvalue weighted by Crippen LogP contribution is -2.08. The van der Waals surface area contributed by atoms with Crippen LogP contribution in [0.3, 0.4) is 0 Å². The first-order valence-electron chi connectivity index (χ1n) is 6.16. The topological polar surface area (TPSA) is 60.2 Å². The first kappa shape index (κ1) is 13.5. The fraction of sp³-hybridized carbons (Fsp3) is 0.385. The number of rotatable bonds is 7. The molecule has 0 atom stereocenters. The molecule has 0 radical (unpaired) electrons. The van der Waals surface area contributed by atoms with Crippen LogP contribution in [0.2, 0.25) is 0 Å². The molecule has 0 amide bonds. The zero-order chi connectivity index (χ0) is 13.5. The summed E-state index contributed by atoms with van der Waals surface area (Å²) in [6.07, 6.45) is 3.24. The molecule has 0 aliphatic rings. The van der Waals surface area contributed by atoms with Crippen molar-refractivity contribution < 1.29 is 14.2 Å². The van der Waals surface area contributed by atoms with Crippen LogP contribution in [-0.4, -0.2) is 33.3 Å². The van der Waals surface area contributed by atoms with Gasteiger partial charge in [0.05, 0.1) is 12.2 Å². The van der Waals surface area contributed by atoms with E-state index in [-0.39, 0.29) is 12.4 Å². The molecule has 19 heavy (non-hydrogen) atoms. The van der Waals surface area contributed by atoms with Crippen LogP contribution in [0.25, 0.3) is 0 Å². The molecule has 2 rings (SSSR count). The minimum atomic E-state index is -0.280. The van der Waals surface area contributed by atoms with Crippen LogP contribution in [0.15, 0.2) is 30.5 Å². The highest BCUT2D eigenvalue weighted by atomic mass is 19.1. The monoisotopic (exact) mass is 265 g/mol. The maximum Gasteiger partial charge on any atom is 0.123 e. The standard InChI is InChI=1S/C13H16FN3O2/c14-11-3-5-13(6-4-11)19-9-7-17-10-12(15-16-17)2-1-8-18/h3-6,10,18H,1-2,7-9H2. The molecule has 0 aliphatic heterocycles. The van der Waals surface area contributed by atoms with E-state index >= 15 is 0 Å². The van der Waals surface area contributed by atoms with Gasteiger partial charge in [-0.2, -0.15) is 0 Å². The molecule has 102 valence electrons. The van der Waals surface area contributed by atoms with E-state index in [0.717, 1.165) is 12.1 Å². The predicted molar refractivity (Wildman–Crippen MR) is 67.3 cm³/mol. The summed E-state index contributed by atoms with van der Waals surface area (Å²) in [7, 11) is 0. The Balaban J connectivity index is 1.76. The Kier molecular flexibility index (Phi) is 4.85. The maximum atomic E-state index is 12.7. The SMILES string of the molecule is OCCCc1cn(CCOc2ccc(F)cc2)nn1. The van der Waals surface area contributed by atoms with Crippen LogP contribution in [0.1, 0.15) is 12.1 Å². The highest BCUT2D eigenvalue weighted by Crippen LogP contribution is 2.10. The average molecular weight is 265 g/mol. The second-order valence-electron chi connectivity index (χ2n) is 4.10. The van der Waals surface area contributed by atoms with Crippen molar-refractivity contribution >= 4 is 0 Å². The molecular weight excluding hydrogens is 249 g/mol. The third-order valence-corrected chi connectivity index (χ3v) is 2.58. The van der Waals surface area contributed by atoms with Crippen molar-refractivity contribution in [2.45, 2.75) is 19.4 Å². The van der Waals surface area contributed by atoms with Gasteiger partial charge in [0.1, 0.15) is 18.2 Å². The van der Waals surface area contributed by atoms with E-state index in [4.69, 9.17) is 9.84 Å². The molecule has 0 aliphatic carbocycles. The summed E-state index contributed by atoms with van der Waals surface area (Å²) in [5, 5.41) is 16.7. The number of aromatic nitrogens is 3. The van der Waals surface area contributed by atoms with Crippen molar-refractivity contribution in [2.24, 2.45) is 0 Å². The Morgan fingerprint density at radius 3 is 2.79 bits per heavy atom. The Morgan fingerprint density at radius 2 is 2.05 bits per heavy atom. The third kappa shape index (κ3) is 4.33. The zero-order valence-corrected chi connectivity index (χ0v) is 10.5. The predicted octanol–water partition coefficient (Wildman–Crippen LogP) is 1.42. The van der Waals surface area contributed by atoms with Gasteiger partial charge in [-0.3, -0.25) is 0 Å². The molecule has 1 aromatic heterocycles. The number of hydrogen-bond acceptors (Lipinski definition) is 4. The Bertz CT molecular complexity index is 499. The molecule has 2 aromatic rings. The molecule has 0 bridgehead atoms. The minimum Gasteiger partial charge on any atom is -0.492 e. The molecule has 1 heterocycles. The normalized spacial score (nSPS) is 10.6. The first-order chi connectivity index (χ1) is 9.28. The summed E-state index contributed by atoms with van der Waals surface area (Å²) in [6.45, 7) is 1.17. The average Bonchev–Trinajstić information content (AvgIpc) is 2.87. The van der Waals surface area contributed by atoms with E-state index in [9.17, 15) is 4.39 Å². The third-order valence-electron chi connectivity index (χ3n) is 2.58. The molecule has 0 unspecified atom stereocenters. The number of nitrogens with zero attached hydrogens (tertiary/aromatic N) is 3. The maximum absolute atomic E-state index is 12.7. The minimum absolute atomic E-state index is 0.153. The van der Waals surface area contributed by atoms with E-state index in [1.54, 1.807) is 16.8 Å². The largest absolute Gasteiger partial charge is 0.492 e. The van der Waals surface area contributed by atoms with Gasteiger partial charge in [-0.05, 0) is 37.1 Å². The van der Waals surface area contributed by atoms with Crippen molar-refractivity contribution in [2.75, 3.05) is 13.2 Å². The van der Waals surface area contributed by atoms with E-state index in [0.29, 0.717) is 25.3 Å². The van der Waals surface area contributed by atoms with Gasteiger partial charge in [0, 0.05) is 12.8 Å². The molecular formula is C13H16FN3O2. The lowest BCUT2D eigenvalue weighted by atomic mass is 10.3. The Morgan fingerprint density at radius 1 is 1.26 bits per heavy atom. The van der Waals surface area contributed by atoms with E-state index < -0.39 is 0 Å². The molecule has 0 spiro atoms. The first-order valence-corrected chi connectivity index (χ1v) is 6.16. The van der Waals surface area contributed by atoms with Crippen LogP contribution < -0.4 is 4.74 Å². The number of aliphatic hydroxyl groups is 1. The Labute approximate surface area is 110 Å². The van der Waals surface area contributed by atoms with Crippen molar-refractivity contribution in [1.29, 1.82) is 0 Å². The number of hydrogen-bond donors (Lipinski definition) is 1. The molecule has 5 nitrogen and oxygen atoms in total. The van der Waals surface area contributed by atoms with Crippen molar-refractivity contribution in [1.82, 2.24) is 15.0 Å². The number of benzene rings is 1. The number of halogens is 1. The van der Waals surface area contributed by atoms with E-state index in [1.807, 2.05) is 6.20 Å². The molecule has 6 heteroatoms. The number of aliphatic hydroxyl groups excluding tert-OH is 1. The van der Waals surface area contributed by atoms with Crippen LogP contribution in [0.5, 0.6) is 5.75 Å². The fourth-order valence-corrected chi connectivity index (χ4v) is 1.61. The summed E-state index contributed by atoms with van der Waals surface area (Å²) in [4.78, 5) is 0. The zero-order valence-electron chi connectivity index (χ0n) is 10.5. The summed E-state index contributed by atoms with van der Waals surface area (Å²) in [6, 6.07) is 5.89. The van der Waals surface area contributed by atoms with Crippen molar-refractivity contribution in [3.63, 3.8) is 0 Å². The van der Waals surface area contributed by atoms with E-state index in [2.05, 4.69) is 10.3 Å². The van der Waals surface area contributed by atoms with Gasteiger partial charge in [0.2, 0.25) is 0 Å². The number of aryl methyl sites for hydroxylation is 1. The van der Waals surface area contributed by atoms with Crippen molar-refractivity contribution in [3.8, 4) is 5.75 Å². The Hall–Kier alpha value is -1.95. The van der Waals surface area contributed by atoms with Crippen LogP contribution in [0.4, 0.5) is 4.39 Å². The van der Waals surface area contributed by atoms with Crippen molar-refractivity contribution in [3.05, 3.63) is 42.0 Å². The summed E-state index contributed by atoms with van der Waals surface area (Å²) >= 11 is 0. The van der Waals surface area contributed by atoms with Gasteiger partial charge >= 0.3 is 0 Å². The molecule has 0 saturated heterocycles. The highest BCUT2D eigenvalue weighted by molar-refractivity contribution is 5.21. The fourth-order valence-electron chi connectivity index (χ4n) is 1.61. The summed E-state index contributed by atoms with van der Waals surface area (Å²) < 4.78 is 19.8. The molecule has 1 N–H and O–H groups in total.